The largest absolute Gasteiger partial charge is 0.486 e. The normalized spacial score (nSPS) is 15.3. The van der Waals surface area contributed by atoms with E-state index >= 15 is 0 Å². The molecular weight excluding hydrogens is 418 g/mol. The van der Waals surface area contributed by atoms with Crippen LogP contribution >= 0.6 is 0 Å². The van der Waals surface area contributed by atoms with Gasteiger partial charge >= 0.3 is 0 Å². The van der Waals surface area contributed by atoms with Gasteiger partial charge in [0.25, 0.3) is 17.5 Å². The van der Waals surface area contributed by atoms with Crippen LogP contribution in [-0.4, -0.2) is 55.1 Å². The summed E-state index contributed by atoms with van der Waals surface area (Å²) in [6.45, 7) is 1.46. The number of hydrogen-bond acceptors (Lipinski definition) is 8. The molecule has 0 atom stereocenters. The summed E-state index contributed by atoms with van der Waals surface area (Å²) in [5.74, 6) is 0.184. The minimum Gasteiger partial charge on any atom is -0.486 e. The standard InChI is InChI=1S/C22H21N3O7/c1-30-10-2-9-24-21(26)19(14-3-6-16(7-4-14)25(28)29)20(22(24)27)23-15-5-8-17-18(13-15)32-12-11-31-17/h3-8,13,23H,2,9-12H2,1H3. The van der Waals surface area contributed by atoms with Crippen LogP contribution in [0.1, 0.15) is 12.0 Å². The number of carbonyl (C=O) groups is 2. The van der Waals surface area contributed by atoms with Crippen molar-refractivity contribution in [1.82, 2.24) is 4.90 Å². The maximum absolute atomic E-state index is 13.2. The van der Waals surface area contributed by atoms with Crippen LogP contribution in [0.25, 0.3) is 5.57 Å². The number of nitro groups is 1. The van der Waals surface area contributed by atoms with Crippen LogP contribution in [0, 0.1) is 10.1 Å². The van der Waals surface area contributed by atoms with Crippen LogP contribution in [0.5, 0.6) is 11.5 Å². The molecule has 2 aromatic rings. The van der Waals surface area contributed by atoms with E-state index in [9.17, 15) is 19.7 Å². The summed E-state index contributed by atoms with van der Waals surface area (Å²) in [7, 11) is 1.54. The topological polar surface area (TPSA) is 120 Å². The molecule has 2 amide bonds. The lowest BCUT2D eigenvalue weighted by Gasteiger charge is -2.19. The number of nitrogens with zero attached hydrogens (tertiary/aromatic N) is 2. The van der Waals surface area contributed by atoms with Gasteiger partial charge in [-0.3, -0.25) is 24.6 Å². The molecule has 166 valence electrons. The molecule has 0 aromatic heterocycles. The van der Waals surface area contributed by atoms with Gasteiger partial charge in [0.05, 0.1) is 10.5 Å². The molecular formula is C22H21N3O7. The van der Waals surface area contributed by atoms with E-state index in [-0.39, 0.29) is 23.5 Å². The molecule has 10 nitrogen and oxygen atoms in total. The first-order chi connectivity index (χ1) is 15.5. The second kappa shape index (κ2) is 9.06. The molecule has 0 saturated carbocycles. The minimum absolute atomic E-state index is 0.0953. The molecule has 2 heterocycles. The minimum atomic E-state index is -0.523. The molecule has 0 bridgehead atoms. The van der Waals surface area contributed by atoms with Crippen LogP contribution in [0.2, 0.25) is 0 Å². The number of anilines is 1. The van der Waals surface area contributed by atoms with Crippen molar-refractivity contribution in [2.45, 2.75) is 6.42 Å². The average Bonchev–Trinajstić information content (AvgIpc) is 3.03. The zero-order valence-corrected chi connectivity index (χ0v) is 17.3. The summed E-state index contributed by atoms with van der Waals surface area (Å²) in [6.07, 6.45) is 0.485. The Morgan fingerprint density at radius 3 is 2.47 bits per heavy atom. The molecule has 10 heteroatoms. The molecule has 0 saturated heterocycles. The summed E-state index contributed by atoms with van der Waals surface area (Å²) in [5.41, 5.74) is 1.09. The van der Waals surface area contributed by atoms with Gasteiger partial charge in [0.15, 0.2) is 11.5 Å². The van der Waals surface area contributed by atoms with Crippen LogP contribution in [0.3, 0.4) is 0 Å². The lowest BCUT2D eigenvalue weighted by Crippen LogP contribution is -2.33. The van der Waals surface area contributed by atoms with Crippen LogP contribution in [0.15, 0.2) is 48.2 Å². The molecule has 2 aliphatic rings. The summed E-state index contributed by atoms with van der Waals surface area (Å²) in [5, 5.41) is 14.0. The van der Waals surface area contributed by atoms with Crippen molar-refractivity contribution in [2.24, 2.45) is 0 Å². The SMILES string of the molecule is COCCCN1C(=O)C(Nc2ccc3c(c2)OCCO3)=C(c2ccc([N+](=O)[O-])cc2)C1=O. The molecule has 1 N–H and O–H groups in total. The first-order valence-electron chi connectivity index (χ1n) is 10.0. The summed E-state index contributed by atoms with van der Waals surface area (Å²) >= 11 is 0. The highest BCUT2D eigenvalue weighted by atomic mass is 16.6. The zero-order chi connectivity index (χ0) is 22.7. The quantitative estimate of drug-likeness (QED) is 0.288. The molecule has 0 unspecified atom stereocenters. The van der Waals surface area contributed by atoms with Gasteiger partial charge in [-0.15, -0.1) is 0 Å². The fraction of sp³-hybridized carbons (Fsp3) is 0.273. The van der Waals surface area contributed by atoms with E-state index in [1.807, 2.05) is 0 Å². The van der Waals surface area contributed by atoms with Gasteiger partial charge in [0.1, 0.15) is 18.9 Å². The molecule has 2 aromatic carbocycles. The summed E-state index contributed by atoms with van der Waals surface area (Å²) in [4.78, 5) is 37.9. The highest BCUT2D eigenvalue weighted by molar-refractivity contribution is 6.36. The van der Waals surface area contributed by atoms with Crippen LogP contribution in [-0.2, 0) is 14.3 Å². The molecule has 0 spiro atoms. The lowest BCUT2D eigenvalue weighted by atomic mass is 10.0. The molecule has 2 aliphatic heterocycles. The summed E-state index contributed by atoms with van der Waals surface area (Å²) in [6, 6.07) is 10.7. The predicted octanol–water partition coefficient (Wildman–Crippen LogP) is 2.59. The van der Waals surface area contributed by atoms with Gasteiger partial charge in [0.2, 0.25) is 0 Å². The first kappa shape index (κ1) is 21.3. The third-order valence-corrected chi connectivity index (χ3v) is 5.08. The van der Waals surface area contributed by atoms with Gasteiger partial charge in [-0.1, -0.05) is 0 Å². The maximum atomic E-state index is 13.2. The van der Waals surface area contributed by atoms with Gasteiger partial charge in [-0.25, -0.2) is 0 Å². The van der Waals surface area contributed by atoms with Crippen molar-refractivity contribution < 1.29 is 28.7 Å². The first-order valence-corrected chi connectivity index (χ1v) is 10.0. The van der Waals surface area contributed by atoms with Crippen molar-refractivity contribution >= 4 is 28.8 Å². The number of rotatable bonds is 8. The van der Waals surface area contributed by atoms with E-state index in [0.717, 1.165) is 4.90 Å². The molecule has 4 rings (SSSR count). The van der Waals surface area contributed by atoms with E-state index in [0.29, 0.717) is 49.0 Å². The lowest BCUT2D eigenvalue weighted by molar-refractivity contribution is -0.384. The van der Waals surface area contributed by atoms with Gasteiger partial charge in [0, 0.05) is 44.1 Å². The number of imide groups is 1. The van der Waals surface area contributed by atoms with Crippen molar-refractivity contribution in [1.29, 1.82) is 0 Å². The number of ether oxygens (including phenoxy) is 3. The number of methoxy groups -OCH3 is 1. The fourth-order valence-corrected chi connectivity index (χ4v) is 3.55. The highest BCUT2D eigenvalue weighted by Gasteiger charge is 2.39. The van der Waals surface area contributed by atoms with E-state index in [2.05, 4.69) is 5.32 Å². The zero-order valence-electron chi connectivity index (χ0n) is 17.3. The third-order valence-electron chi connectivity index (χ3n) is 5.08. The Bertz CT molecular complexity index is 1100. The Morgan fingerprint density at radius 1 is 1.06 bits per heavy atom. The monoisotopic (exact) mass is 439 g/mol. The number of carbonyl (C=O) groups excluding carboxylic acids is 2. The molecule has 0 radical (unpaired) electrons. The predicted molar refractivity (Wildman–Crippen MR) is 114 cm³/mol. The van der Waals surface area contributed by atoms with E-state index in [4.69, 9.17) is 14.2 Å². The third kappa shape index (κ3) is 4.12. The number of non-ortho nitro benzene ring substituents is 1. The number of nitro benzene ring substituents is 1. The molecule has 32 heavy (non-hydrogen) atoms. The highest BCUT2D eigenvalue weighted by Crippen LogP contribution is 2.35. The summed E-state index contributed by atoms with van der Waals surface area (Å²) < 4.78 is 16.1. The average molecular weight is 439 g/mol. The Morgan fingerprint density at radius 2 is 1.78 bits per heavy atom. The fourth-order valence-electron chi connectivity index (χ4n) is 3.55. The number of nitrogens with one attached hydrogen (secondary N) is 1. The van der Waals surface area contributed by atoms with Crippen molar-refractivity contribution in [3.63, 3.8) is 0 Å². The van der Waals surface area contributed by atoms with E-state index in [1.165, 1.54) is 24.3 Å². The Balaban J connectivity index is 1.70. The van der Waals surface area contributed by atoms with E-state index < -0.39 is 16.7 Å². The second-order valence-electron chi connectivity index (χ2n) is 7.15. The maximum Gasteiger partial charge on any atom is 0.278 e. The van der Waals surface area contributed by atoms with Gasteiger partial charge in [-0.2, -0.15) is 0 Å². The Hall–Kier alpha value is -3.92. The molecule has 0 fully saturated rings. The van der Waals surface area contributed by atoms with Gasteiger partial charge in [-0.05, 0) is 36.2 Å². The van der Waals surface area contributed by atoms with Crippen molar-refractivity contribution in [3.8, 4) is 11.5 Å². The van der Waals surface area contributed by atoms with Crippen LogP contribution in [0.4, 0.5) is 11.4 Å². The molecule has 0 aliphatic carbocycles. The van der Waals surface area contributed by atoms with Crippen molar-refractivity contribution in [3.05, 3.63) is 63.8 Å². The van der Waals surface area contributed by atoms with Crippen molar-refractivity contribution in [2.75, 3.05) is 38.8 Å². The Labute approximate surface area is 183 Å². The number of amides is 2. The Kier molecular flexibility index (Phi) is 6.04. The second-order valence-corrected chi connectivity index (χ2v) is 7.15. The van der Waals surface area contributed by atoms with Gasteiger partial charge < -0.3 is 19.5 Å². The number of fused-ring (bicyclic) bond motifs is 1. The van der Waals surface area contributed by atoms with E-state index in [1.54, 1.807) is 25.3 Å². The number of benzene rings is 2. The smallest absolute Gasteiger partial charge is 0.278 e. The van der Waals surface area contributed by atoms with Crippen LogP contribution < -0.4 is 14.8 Å². The number of hydrogen-bond donors (Lipinski definition) is 1.